The Labute approximate surface area is 85.0 Å². The molecule has 0 saturated carbocycles. The van der Waals surface area contributed by atoms with Gasteiger partial charge in [0.15, 0.2) is 11.5 Å². The maximum atomic E-state index is 10.9. The topological polar surface area (TPSA) is 137 Å². The molecule has 0 aliphatic rings. The zero-order chi connectivity index (χ0) is 11.6. The number of urea groups is 1. The molecule has 7 nitrogen and oxygen atoms in total. The summed E-state index contributed by atoms with van der Waals surface area (Å²) in [6.07, 6.45) is 0. The van der Waals surface area contributed by atoms with Crippen LogP contribution in [0.15, 0.2) is 18.2 Å². The van der Waals surface area contributed by atoms with Crippen LogP contribution < -0.4 is 16.4 Å². The van der Waals surface area contributed by atoms with Gasteiger partial charge in [0.1, 0.15) is 0 Å². The molecule has 0 radical (unpaired) electrons. The van der Waals surface area contributed by atoms with E-state index in [1.807, 2.05) is 0 Å². The van der Waals surface area contributed by atoms with Gasteiger partial charge < -0.3 is 21.7 Å². The molecule has 7 N–H and O–H groups in total. The highest BCUT2D eigenvalue weighted by Gasteiger charge is 2.16. The van der Waals surface area contributed by atoms with E-state index in [9.17, 15) is 9.90 Å². The number of hydrogen-bond donors (Lipinski definition) is 5. The predicted octanol–water partition coefficient (Wildman–Crippen LogP) is -0.124. The van der Waals surface area contributed by atoms with Crippen molar-refractivity contribution < 1.29 is 15.0 Å². The van der Waals surface area contributed by atoms with E-state index >= 15 is 0 Å². The number of nitrogens with zero attached hydrogens (tertiary/aromatic N) is 1. The van der Waals surface area contributed by atoms with Crippen molar-refractivity contribution in [3.63, 3.8) is 0 Å². The lowest BCUT2D eigenvalue weighted by Gasteiger charge is -2.18. The van der Waals surface area contributed by atoms with Crippen LogP contribution in [0.2, 0.25) is 0 Å². The van der Waals surface area contributed by atoms with Crippen molar-refractivity contribution in [2.24, 2.45) is 11.5 Å². The fourth-order valence-electron chi connectivity index (χ4n) is 1.04. The Bertz CT molecular complexity index is 404. The third-order valence-corrected chi connectivity index (χ3v) is 1.68. The zero-order valence-electron chi connectivity index (χ0n) is 7.64. The normalized spacial score (nSPS) is 9.60. The van der Waals surface area contributed by atoms with Crippen LogP contribution in [0, 0.1) is 5.41 Å². The van der Waals surface area contributed by atoms with Crippen LogP contribution in [0.1, 0.15) is 0 Å². The predicted molar refractivity (Wildman–Crippen MR) is 53.7 cm³/mol. The third kappa shape index (κ3) is 2.08. The maximum Gasteiger partial charge on any atom is 0.326 e. The van der Waals surface area contributed by atoms with Gasteiger partial charge in [0.25, 0.3) is 0 Å². The Kier molecular flexibility index (Phi) is 2.65. The van der Waals surface area contributed by atoms with Crippen molar-refractivity contribution in [3.8, 4) is 11.5 Å². The number of carbonyl (C=O) groups is 1. The lowest BCUT2D eigenvalue weighted by Crippen LogP contribution is -2.44. The summed E-state index contributed by atoms with van der Waals surface area (Å²) in [5.74, 6) is -1.35. The summed E-state index contributed by atoms with van der Waals surface area (Å²) in [6, 6.07) is 2.57. The minimum Gasteiger partial charge on any atom is -0.504 e. The van der Waals surface area contributed by atoms with Crippen molar-refractivity contribution in [2.45, 2.75) is 0 Å². The lowest BCUT2D eigenvalue weighted by molar-refractivity contribution is 0.256. The number of guanidine groups is 1. The molecule has 0 aliphatic carbocycles. The van der Waals surface area contributed by atoms with Gasteiger partial charge in [-0.25, -0.2) is 9.69 Å². The molecule has 80 valence electrons. The molecule has 1 aromatic carbocycles. The van der Waals surface area contributed by atoms with Crippen molar-refractivity contribution in [1.29, 1.82) is 5.41 Å². The fraction of sp³-hybridized carbons (Fsp3) is 0. The van der Waals surface area contributed by atoms with Gasteiger partial charge in [0.05, 0.1) is 5.69 Å². The summed E-state index contributed by atoms with van der Waals surface area (Å²) >= 11 is 0. The standard InChI is InChI=1S/C8H10N4O3/c9-7(10)12(8(11)15)4-1-2-5(13)6(14)3-4/h1-3,13-14H,(H3,9,10)(H2,11,15). The number of amides is 2. The SMILES string of the molecule is N=C(N)N(C(N)=O)c1ccc(O)c(O)c1. The molecule has 0 heterocycles. The van der Waals surface area contributed by atoms with Crippen LogP contribution in [0.4, 0.5) is 10.5 Å². The van der Waals surface area contributed by atoms with Gasteiger partial charge in [-0.05, 0) is 12.1 Å². The molecular formula is C8H10N4O3. The monoisotopic (exact) mass is 210 g/mol. The van der Waals surface area contributed by atoms with E-state index in [0.717, 1.165) is 12.1 Å². The highest BCUT2D eigenvalue weighted by atomic mass is 16.3. The number of phenols is 2. The number of carbonyl (C=O) groups excluding carboxylic acids is 1. The Morgan fingerprint density at radius 3 is 2.27 bits per heavy atom. The first kappa shape index (κ1) is 10.6. The van der Waals surface area contributed by atoms with Gasteiger partial charge in [-0.15, -0.1) is 0 Å². The fourth-order valence-corrected chi connectivity index (χ4v) is 1.04. The summed E-state index contributed by atoms with van der Waals surface area (Å²) in [5.41, 5.74) is 10.2. The molecule has 7 heteroatoms. The minimum atomic E-state index is -0.951. The number of phenolic OH excluding ortho intramolecular Hbond substituents is 2. The van der Waals surface area contributed by atoms with Crippen LogP contribution in [0.25, 0.3) is 0 Å². The number of rotatable bonds is 1. The Morgan fingerprint density at radius 1 is 1.27 bits per heavy atom. The molecule has 2 amide bonds. The van der Waals surface area contributed by atoms with Crippen LogP contribution in [-0.2, 0) is 0 Å². The van der Waals surface area contributed by atoms with E-state index in [4.69, 9.17) is 22.0 Å². The number of hydrogen-bond acceptors (Lipinski definition) is 4. The van der Waals surface area contributed by atoms with Crippen LogP contribution >= 0.6 is 0 Å². The second-order valence-corrected chi connectivity index (χ2v) is 2.73. The molecule has 1 aromatic rings. The third-order valence-electron chi connectivity index (χ3n) is 1.68. The van der Waals surface area contributed by atoms with Crippen molar-refractivity contribution in [3.05, 3.63) is 18.2 Å². The second kappa shape index (κ2) is 3.74. The molecule has 0 aromatic heterocycles. The van der Waals surface area contributed by atoms with Gasteiger partial charge >= 0.3 is 6.03 Å². The van der Waals surface area contributed by atoms with Gasteiger partial charge in [-0.3, -0.25) is 5.41 Å². The molecular weight excluding hydrogens is 200 g/mol. The van der Waals surface area contributed by atoms with Crippen LogP contribution in [-0.4, -0.2) is 22.2 Å². The molecule has 0 aliphatic heterocycles. The largest absolute Gasteiger partial charge is 0.504 e. The van der Waals surface area contributed by atoms with Crippen molar-refractivity contribution in [1.82, 2.24) is 0 Å². The molecule has 0 fully saturated rings. The molecule has 0 atom stereocenters. The number of anilines is 1. The lowest BCUT2D eigenvalue weighted by atomic mass is 10.2. The summed E-state index contributed by atoms with van der Waals surface area (Å²) in [5, 5.41) is 25.3. The first-order valence-electron chi connectivity index (χ1n) is 3.89. The van der Waals surface area contributed by atoms with Gasteiger partial charge in [-0.2, -0.15) is 0 Å². The molecule has 15 heavy (non-hydrogen) atoms. The quantitative estimate of drug-likeness (QED) is 0.250. The molecule has 0 spiro atoms. The molecule has 0 saturated heterocycles. The Morgan fingerprint density at radius 2 is 1.87 bits per heavy atom. The summed E-state index contributed by atoms with van der Waals surface area (Å²) < 4.78 is 0. The highest BCUT2D eigenvalue weighted by molar-refractivity contribution is 6.13. The minimum absolute atomic E-state index is 0.102. The van der Waals surface area contributed by atoms with Gasteiger partial charge in [-0.1, -0.05) is 0 Å². The van der Waals surface area contributed by atoms with E-state index in [0.29, 0.717) is 4.90 Å². The number of nitrogens with two attached hydrogens (primary N) is 2. The summed E-state index contributed by atoms with van der Waals surface area (Å²) in [7, 11) is 0. The summed E-state index contributed by atoms with van der Waals surface area (Å²) in [6.45, 7) is 0. The van der Waals surface area contributed by atoms with E-state index in [2.05, 4.69) is 0 Å². The number of nitrogens with one attached hydrogen (secondary N) is 1. The molecule has 0 bridgehead atoms. The van der Waals surface area contributed by atoms with E-state index in [-0.39, 0.29) is 11.4 Å². The average Bonchev–Trinajstić information content (AvgIpc) is 2.10. The number of primary amides is 1. The van der Waals surface area contributed by atoms with Gasteiger partial charge in [0, 0.05) is 6.07 Å². The highest BCUT2D eigenvalue weighted by Crippen LogP contribution is 2.29. The average molecular weight is 210 g/mol. The van der Waals surface area contributed by atoms with Crippen molar-refractivity contribution >= 4 is 17.7 Å². The van der Waals surface area contributed by atoms with Crippen LogP contribution in [0.3, 0.4) is 0 Å². The van der Waals surface area contributed by atoms with E-state index in [1.54, 1.807) is 0 Å². The van der Waals surface area contributed by atoms with E-state index in [1.165, 1.54) is 6.07 Å². The smallest absolute Gasteiger partial charge is 0.326 e. The van der Waals surface area contributed by atoms with Crippen LogP contribution in [0.5, 0.6) is 11.5 Å². The molecule has 0 unspecified atom stereocenters. The number of benzene rings is 1. The Hall–Kier alpha value is -2.44. The number of aromatic hydroxyl groups is 2. The van der Waals surface area contributed by atoms with Gasteiger partial charge in [0.2, 0.25) is 5.96 Å². The maximum absolute atomic E-state index is 10.9. The zero-order valence-corrected chi connectivity index (χ0v) is 7.64. The first-order valence-corrected chi connectivity index (χ1v) is 3.89. The molecule has 1 rings (SSSR count). The van der Waals surface area contributed by atoms with E-state index < -0.39 is 17.7 Å². The first-order chi connectivity index (χ1) is 6.93. The summed E-state index contributed by atoms with van der Waals surface area (Å²) in [4.78, 5) is 11.6. The Balaban J connectivity index is 3.18. The van der Waals surface area contributed by atoms with Crippen molar-refractivity contribution in [2.75, 3.05) is 4.90 Å². The second-order valence-electron chi connectivity index (χ2n) is 2.73.